The number of aromatic amines is 1. The number of aryl methyl sites for hydroxylation is 1. The zero-order chi connectivity index (χ0) is 18.0. The van der Waals surface area contributed by atoms with E-state index in [1.807, 2.05) is 55.8 Å². The summed E-state index contributed by atoms with van der Waals surface area (Å²) in [5.74, 6) is -0.217. The third-order valence-electron chi connectivity index (χ3n) is 4.58. The molecule has 0 unspecified atom stereocenters. The lowest BCUT2D eigenvalue weighted by molar-refractivity contribution is 0.0670. The molecule has 4 nitrogen and oxygen atoms in total. The fourth-order valence-electron chi connectivity index (χ4n) is 2.87. The third kappa shape index (κ3) is 3.51. The number of H-pyrrole nitrogens is 1. The van der Waals surface area contributed by atoms with Gasteiger partial charge in [-0.1, -0.05) is 18.6 Å². The van der Waals surface area contributed by atoms with Crippen LogP contribution in [0.2, 0.25) is 0 Å². The van der Waals surface area contributed by atoms with Gasteiger partial charge in [-0.25, -0.2) is 0 Å². The molecule has 0 fully saturated rings. The fourth-order valence-corrected chi connectivity index (χ4v) is 3.53. The van der Waals surface area contributed by atoms with Gasteiger partial charge in [0.05, 0.1) is 0 Å². The Morgan fingerprint density at radius 2 is 2.12 bits per heavy atom. The number of nitrogens with zero attached hydrogens (tertiary/aromatic N) is 1. The number of aromatic nitrogens is 1. The van der Waals surface area contributed by atoms with Crippen LogP contribution in [0.4, 0.5) is 0 Å². The van der Waals surface area contributed by atoms with Gasteiger partial charge >= 0.3 is 0 Å². The Balaban J connectivity index is 2.03. The lowest BCUT2D eigenvalue weighted by Crippen LogP contribution is -2.39. The Hall–Kier alpha value is -2.40. The average Bonchev–Trinajstić information content (AvgIpc) is 3.12. The molecule has 2 aromatic heterocycles. The lowest BCUT2D eigenvalue weighted by Gasteiger charge is -2.28. The Bertz CT molecular complexity index is 944. The van der Waals surface area contributed by atoms with Gasteiger partial charge in [0.2, 0.25) is 5.43 Å². The number of hydrogen-bond acceptors (Lipinski definition) is 3. The Kier molecular flexibility index (Phi) is 5.04. The van der Waals surface area contributed by atoms with Crippen LogP contribution in [0, 0.1) is 6.92 Å². The molecule has 0 aliphatic carbocycles. The fraction of sp³-hybridized carbons (Fsp3) is 0.300. The Labute approximate surface area is 151 Å². The van der Waals surface area contributed by atoms with Crippen molar-refractivity contribution in [2.75, 3.05) is 0 Å². The van der Waals surface area contributed by atoms with E-state index in [1.165, 1.54) is 0 Å². The smallest absolute Gasteiger partial charge is 0.259 e. The molecule has 1 atom stereocenters. The van der Waals surface area contributed by atoms with E-state index in [0.717, 1.165) is 23.1 Å². The summed E-state index contributed by atoms with van der Waals surface area (Å²) in [7, 11) is 0. The number of pyridine rings is 1. The predicted molar refractivity (Wildman–Crippen MR) is 103 cm³/mol. The van der Waals surface area contributed by atoms with E-state index < -0.39 is 0 Å². The summed E-state index contributed by atoms with van der Waals surface area (Å²) in [5, 5.41) is 4.60. The Morgan fingerprint density at radius 1 is 1.32 bits per heavy atom. The van der Waals surface area contributed by atoms with E-state index in [2.05, 4.69) is 4.98 Å². The van der Waals surface area contributed by atoms with Crippen LogP contribution >= 0.6 is 11.3 Å². The first-order chi connectivity index (χ1) is 12.0. The number of benzene rings is 1. The lowest BCUT2D eigenvalue weighted by atomic mass is 10.1. The van der Waals surface area contributed by atoms with Gasteiger partial charge in [0.1, 0.15) is 5.56 Å². The molecule has 0 saturated heterocycles. The van der Waals surface area contributed by atoms with Gasteiger partial charge in [-0.15, -0.1) is 0 Å². The van der Waals surface area contributed by atoms with Crippen LogP contribution in [0.15, 0.2) is 46.0 Å². The molecular formula is C20H22N2O2S. The number of rotatable bonds is 5. The number of amides is 1. The SMILES string of the molecule is CC[C@H](C)N(Cc1ccsc1)C(=O)c1c[nH]c2ccc(C)cc2c1=O. The number of fused-ring (bicyclic) bond motifs is 1. The molecule has 25 heavy (non-hydrogen) atoms. The molecule has 0 saturated carbocycles. The molecule has 1 aromatic carbocycles. The molecular weight excluding hydrogens is 332 g/mol. The minimum atomic E-state index is -0.217. The molecule has 3 rings (SSSR count). The highest BCUT2D eigenvalue weighted by Gasteiger charge is 2.24. The normalized spacial score (nSPS) is 12.3. The summed E-state index contributed by atoms with van der Waals surface area (Å²) < 4.78 is 0. The van der Waals surface area contributed by atoms with Crippen molar-refractivity contribution in [3.8, 4) is 0 Å². The van der Waals surface area contributed by atoms with Gasteiger partial charge < -0.3 is 9.88 Å². The second-order valence-electron chi connectivity index (χ2n) is 6.40. The van der Waals surface area contributed by atoms with Crippen molar-refractivity contribution in [1.82, 2.24) is 9.88 Å². The van der Waals surface area contributed by atoms with E-state index in [-0.39, 0.29) is 22.9 Å². The van der Waals surface area contributed by atoms with Crippen molar-refractivity contribution in [2.45, 2.75) is 39.8 Å². The third-order valence-corrected chi connectivity index (χ3v) is 5.32. The summed E-state index contributed by atoms with van der Waals surface area (Å²) >= 11 is 1.61. The van der Waals surface area contributed by atoms with E-state index in [0.29, 0.717) is 11.9 Å². The molecule has 3 aromatic rings. The zero-order valence-corrected chi connectivity index (χ0v) is 15.5. The first-order valence-corrected chi connectivity index (χ1v) is 9.39. The highest BCUT2D eigenvalue weighted by molar-refractivity contribution is 7.07. The molecule has 2 heterocycles. The topological polar surface area (TPSA) is 53.2 Å². The molecule has 1 N–H and O–H groups in total. The van der Waals surface area contributed by atoms with E-state index in [1.54, 1.807) is 22.4 Å². The van der Waals surface area contributed by atoms with Gasteiger partial charge in [0, 0.05) is 29.7 Å². The maximum atomic E-state index is 13.1. The highest BCUT2D eigenvalue weighted by Crippen LogP contribution is 2.17. The first-order valence-electron chi connectivity index (χ1n) is 8.45. The quantitative estimate of drug-likeness (QED) is 0.741. The van der Waals surface area contributed by atoms with Crippen LogP contribution < -0.4 is 5.43 Å². The minimum Gasteiger partial charge on any atom is -0.360 e. The van der Waals surface area contributed by atoms with Gasteiger partial charge in [0.15, 0.2) is 0 Å². The summed E-state index contributed by atoms with van der Waals surface area (Å²) in [4.78, 5) is 30.9. The average molecular weight is 354 g/mol. The Morgan fingerprint density at radius 3 is 2.80 bits per heavy atom. The van der Waals surface area contributed by atoms with Crippen LogP contribution in [0.3, 0.4) is 0 Å². The van der Waals surface area contributed by atoms with Crippen molar-refractivity contribution in [3.63, 3.8) is 0 Å². The molecule has 5 heteroatoms. The number of thiophene rings is 1. The van der Waals surface area contributed by atoms with Gasteiger partial charge in [-0.3, -0.25) is 9.59 Å². The van der Waals surface area contributed by atoms with E-state index in [4.69, 9.17) is 0 Å². The molecule has 0 bridgehead atoms. The molecule has 130 valence electrons. The monoisotopic (exact) mass is 354 g/mol. The van der Waals surface area contributed by atoms with Gasteiger partial charge in [0.25, 0.3) is 5.91 Å². The minimum absolute atomic E-state index is 0.0556. The first kappa shape index (κ1) is 17.4. The summed E-state index contributed by atoms with van der Waals surface area (Å²) in [6.07, 6.45) is 2.38. The van der Waals surface area contributed by atoms with Crippen molar-refractivity contribution in [3.05, 3.63) is 68.1 Å². The molecule has 0 aliphatic heterocycles. The largest absolute Gasteiger partial charge is 0.360 e. The van der Waals surface area contributed by atoms with Crippen molar-refractivity contribution < 1.29 is 4.79 Å². The summed E-state index contributed by atoms with van der Waals surface area (Å²) in [6, 6.07) is 7.72. The summed E-state index contributed by atoms with van der Waals surface area (Å²) in [6.45, 7) is 6.52. The van der Waals surface area contributed by atoms with Crippen molar-refractivity contribution >= 4 is 28.1 Å². The zero-order valence-electron chi connectivity index (χ0n) is 14.7. The van der Waals surface area contributed by atoms with Gasteiger partial charge in [-0.2, -0.15) is 11.3 Å². The number of nitrogens with one attached hydrogen (secondary N) is 1. The number of carbonyl (C=O) groups is 1. The van der Waals surface area contributed by atoms with Crippen LogP contribution in [-0.4, -0.2) is 21.8 Å². The van der Waals surface area contributed by atoms with E-state index in [9.17, 15) is 9.59 Å². The highest BCUT2D eigenvalue weighted by atomic mass is 32.1. The number of carbonyl (C=O) groups excluding carboxylic acids is 1. The van der Waals surface area contributed by atoms with E-state index >= 15 is 0 Å². The van der Waals surface area contributed by atoms with Crippen LogP contribution in [-0.2, 0) is 6.54 Å². The van der Waals surface area contributed by atoms with Crippen LogP contribution in [0.25, 0.3) is 10.9 Å². The molecule has 0 radical (unpaired) electrons. The molecule has 1 amide bonds. The maximum Gasteiger partial charge on any atom is 0.259 e. The van der Waals surface area contributed by atoms with Crippen LogP contribution in [0.1, 0.15) is 41.8 Å². The van der Waals surface area contributed by atoms with Gasteiger partial charge in [-0.05, 0) is 54.8 Å². The summed E-state index contributed by atoms with van der Waals surface area (Å²) in [5.41, 5.74) is 2.83. The van der Waals surface area contributed by atoms with Crippen LogP contribution in [0.5, 0.6) is 0 Å². The van der Waals surface area contributed by atoms with Crippen molar-refractivity contribution in [2.24, 2.45) is 0 Å². The molecule has 0 spiro atoms. The molecule has 0 aliphatic rings. The standard InChI is InChI=1S/C20H22N2O2S/c1-4-14(3)22(11-15-7-8-25-12-15)20(24)17-10-21-18-6-5-13(2)9-16(18)19(17)23/h5-10,12,14H,4,11H2,1-3H3,(H,21,23)/t14-/m0/s1. The maximum absolute atomic E-state index is 13.1. The second-order valence-corrected chi connectivity index (χ2v) is 7.18. The number of hydrogen-bond donors (Lipinski definition) is 1. The second kappa shape index (κ2) is 7.23. The predicted octanol–water partition coefficient (Wildman–Crippen LogP) is 4.34. The van der Waals surface area contributed by atoms with Crippen molar-refractivity contribution in [1.29, 1.82) is 0 Å².